The maximum atomic E-state index is 12.6. The summed E-state index contributed by atoms with van der Waals surface area (Å²) in [6, 6.07) is 9.95. The van der Waals surface area contributed by atoms with E-state index in [4.69, 9.17) is 4.74 Å². The molecule has 1 spiro atoms. The Morgan fingerprint density at radius 2 is 1.85 bits per heavy atom. The molecule has 4 rings (SSSR count). The van der Waals surface area contributed by atoms with Gasteiger partial charge < -0.3 is 19.9 Å². The van der Waals surface area contributed by atoms with E-state index in [-0.39, 0.29) is 35.5 Å². The Bertz CT molecular complexity index is 864. The smallest absolute Gasteiger partial charge is 0.410 e. The monoisotopic (exact) mass is 469 g/mol. The number of hydrogen-bond donors (Lipinski definition) is 1. The minimum atomic E-state index is -0.141. The van der Waals surface area contributed by atoms with Gasteiger partial charge in [0, 0.05) is 25.0 Å². The Morgan fingerprint density at radius 3 is 2.53 bits per heavy atom. The van der Waals surface area contributed by atoms with Crippen molar-refractivity contribution in [3.63, 3.8) is 0 Å². The first kappa shape index (κ1) is 25.0. The maximum absolute atomic E-state index is 12.6. The van der Waals surface area contributed by atoms with Crippen molar-refractivity contribution in [2.24, 2.45) is 0 Å². The van der Waals surface area contributed by atoms with Crippen molar-refractivity contribution in [3.8, 4) is 0 Å². The highest BCUT2D eigenvalue weighted by Gasteiger charge is 2.44. The first-order valence-corrected chi connectivity index (χ1v) is 13.4. The van der Waals surface area contributed by atoms with Crippen LogP contribution in [0, 0.1) is 0 Å². The fourth-order valence-corrected chi connectivity index (χ4v) is 6.94. The van der Waals surface area contributed by atoms with Crippen LogP contribution in [0.4, 0.5) is 4.79 Å². The number of carbonyl (C=O) groups is 2. The van der Waals surface area contributed by atoms with E-state index >= 15 is 0 Å². The molecule has 0 bridgehead atoms. The third kappa shape index (κ3) is 4.98. The fourth-order valence-electron chi connectivity index (χ4n) is 6.94. The summed E-state index contributed by atoms with van der Waals surface area (Å²) in [6.45, 7) is 10.6. The lowest BCUT2D eigenvalue weighted by Gasteiger charge is -2.49. The van der Waals surface area contributed by atoms with Gasteiger partial charge in [0.1, 0.15) is 0 Å². The average Bonchev–Trinajstić information content (AvgIpc) is 3.20. The molecule has 2 amide bonds. The van der Waals surface area contributed by atoms with E-state index in [0.717, 1.165) is 64.5 Å². The van der Waals surface area contributed by atoms with Crippen LogP contribution in [0.1, 0.15) is 96.2 Å². The molecule has 1 aliphatic carbocycles. The second-order valence-corrected chi connectivity index (χ2v) is 10.7. The van der Waals surface area contributed by atoms with E-state index in [1.807, 2.05) is 11.8 Å². The zero-order valence-electron chi connectivity index (χ0n) is 21.5. The number of carbonyl (C=O) groups excluding carboxylic acids is 2. The second kappa shape index (κ2) is 10.7. The Hall–Kier alpha value is -2.08. The summed E-state index contributed by atoms with van der Waals surface area (Å²) >= 11 is 0. The van der Waals surface area contributed by atoms with Crippen molar-refractivity contribution in [1.82, 2.24) is 15.1 Å². The molecule has 1 aromatic carbocycles. The summed E-state index contributed by atoms with van der Waals surface area (Å²) in [5, 5.41) is 3.17. The second-order valence-electron chi connectivity index (χ2n) is 10.7. The van der Waals surface area contributed by atoms with Crippen LogP contribution in [0.5, 0.6) is 0 Å². The molecule has 2 saturated heterocycles. The van der Waals surface area contributed by atoms with Crippen LogP contribution in [-0.2, 0) is 14.9 Å². The third-order valence-electron chi connectivity index (χ3n) is 8.75. The van der Waals surface area contributed by atoms with Crippen LogP contribution in [0.25, 0.3) is 0 Å². The van der Waals surface area contributed by atoms with Gasteiger partial charge in [-0.05, 0) is 94.8 Å². The quantitative estimate of drug-likeness (QED) is 0.624. The molecular formula is C28H43N3O3. The number of hydrogen-bond acceptors (Lipinski definition) is 4. The number of amides is 2. The number of benzene rings is 1. The highest BCUT2D eigenvalue weighted by molar-refractivity contribution is 5.73. The van der Waals surface area contributed by atoms with E-state index in [9.17, 15) is 9.59 Å². The standard InChI is InChI=1S/C28H43N3O3/c1-5-22(19-23-12-11-20(3)31(23)27(33)34-6-2)30-17-15-28(16-18-30)14-13-26(29-21(4)32)24-9-7-8-10-25(24)28/h7-10,20,22-23,26H,5-6,11-19H2,1-4H3,(H,29,32)/t20?,22?,23?,26-/m1/s1. The number of nitrogens with zero attached hydrogens (tertiary/aromatic N) is 2. The number of likely N-dealkylation sites (tertiary alicyclic amines) is 2. The molecule has 6 heteroatoms. The lowest BCUT2D eigenvalue weighted by atomic mass is 9.63. The van der Waals surface area contributed by atoms with Crippen molar-refractivity contribution >= 4 is 12.0 Å². The zero-order valence-corrected chi connectivity index (χ0v) is 21.5. The summed E-state index contributed by atoms with van der Waals surface area (Å²) in [4.78, 5) is 29.0. The molecule has 4 atom stereocenters. The Kier molecular flexibility index (Phi) is 7.86. The molecule has 2 fully saturated rings. The molecule has 1 N–H and O–H groups in total. The summed E-state index contributed by atoms with van der Waals surface area (Å²) < 4.78 is 5.38. The molecule has 6 nitrogen and oxygen atoms in total. The topological polar surface area (TPSA) is 61.9 Å². The third-order valence-corrected chi connectivity index (χ3v) is 8.75. The molecule has 2 aliphatic heterocycles. The van der Waals surface area contributed by atoms with E-state index < -0.39 is 0 Å². The van der Waals surface area contributed by atoms with Crippen LogP contribution in [0.15, 0.2) is 24.3 Å². The minimum absolute atomic E-state index is 0.0504. The van der Waals surface area contributed by atoms with Gasteiger partial charge in [-0.2, -0.15) is 0 Å². The Morgan fingerprint density at radius 1 is 1.12 bits per heavy atom. The highest BCUT2D eigenvalue weighted by atomic mass is 16.6. The Balaban J connectivity index is 1.43. The molecule has 0 aromatic heterocycles. The van der Waals surface area contributed by atoms with Gasteiger partial charge in [-0.1, -0.05) is 31.2 Å². The van der Waals surface area contributed by atoms with Gasteiger partial charge in [0.05, 0.1) is 12.6 Å². The van der Waals surface area contributed by atoms with Crippen molar-refractivity contribution in [1.29, 1.82) is 0 Å². The first-order chi connectivity index (χ1) is 16.4. The lowest BCUT2D eigenvalue weighted by Crippen LogP contribution is -2.51. The van der Waals surface area contributed by atoms with E-state index in [1.54, 1.807) is 6.92 Å². The van der Waals surface area contributed by atoms with E-state index in [0.29, 0.717) is 12.6 Å². The van der Waals surface area contributed by atoms with Gasteiger partial charge in [0.25, 0.3) is 0 Å². The number of ether oxygens (including phenoxy) is 1. The molecule has 0 radical (unpaired) electrons. The van der Waals surface area contributed by atoms with E-state index in [1.165, 1.54) is 11.1 Å². The minimum Gasteiger partial charge on any atom is -0.450 e. The van der Waals surface area contributed by atoms with Gasteiger partial charge >= 0.3 is 6.09 Å². The predicted molar refractivity (Wildman–Crippen MR) is 135 cm³/mol. The number of rotatable bonds is 6. The predicted octanol–water partition coefficient (Wildman–Crippen LogP) is 5.17. The summed E-state index contributed by atoms with van der Waals surface area (Å²) in [6.07, 6.45) is 8.62. The molecule has 3 aliphatic rings. The molecular weight excluding hydrogens is 426 g/mol. The van der Waals surface area contributed by atoms with Crippen molar-refractivity contribution in [3.05, 3.63) is 35.4 Å². The molecule has 188 valence electrons. The van der Waals surface area contributed by atoms with Crippen molar-refractivity contribution < 1.29 is 14.3 Å². The molecule has 34 heavy (non-hydrogen) atoms. The van der Waals surface area contributed by atoms with Crippen molar-refractivity contribution in [2.75, 3.05) is 19.7 Å². The molecule has 1 aromatic rings. The number of piperidine rings is 1. The summed E-state index contributed by atoms with van der Waals surface area (Å²) in [5.41, 5.74) is 2.99. The lowest BCUT2D eigenvalue weighted by molar-refractivity contribution is -0.119. The fraction of sp³-hybridized carbons (Fsp3) is 0.714. The van der Waals surface area contributed by atoms with Crippen LogP contribution >= 0.6 is 0 Å². The van der Waals surface area contributed by atoms with Gasteiger partial charge in [-0.25, -0.2) is 4.79 Å². The SMILES string of the molecule is CCOC(=O)N1C(C)CCC1CC(CC)N1CCC2(CC[C@@H](NC(C)=O)c3ccccc32)CC1. The Labute approximate surface area is 205 Å². The van der Waals surface area contributed by atoms with Crippen molar-refractivity contribution in [2.45, 2.75) is 109 Å². The summed E-state index contributed by atoms with van der Waals surface area (Å²) in [5.74, 6) is 0.0504. The van der Waals surface area contributed by atoms with Crippen LogP contribution in [-0.4, -0.2) is 59.6 Å². The molecule has 0 saturated carbocycles. The zero-order chi connectivity index (χ0) is 24.3. The van der Waals surface area contributed by atoms with Crippen LogP contribution < -0.4 is 5.32 Å². The number of fused-ring (bicyclic) bond motifs is 2. The van der Waals surface area contributed by atoms with Gasteiger partial charge in [0.15, 0.2) is 0 Å². The maximum Gasteiger partial charge on any atom is 0.410 e. The molecule has 2 heterocycles. The van der Waals surface area contributed by atoms with Gasteiger partial charge in [0.2, 0.25) is 5.91 Å². The van der Waals surface area contributed by atoms with E-state index in [2.05, 4.69) is 48.3 Å². The average molecular weight is 470 g/mol. The summed E-state index contributed by atoms with van der Waals surface area (Å²) in [7, 11) is 0. The van der Waals surface area contributed by atoms with Crippen LogP contribution in [0.3, 0.4) is 0 Å². The molecule has 3 unspecified atom stereocenters. The first-order valence-electron chi connectivity index (χ1n) is 13.4. The normalized spacial score (nSPS) is 27.3. The largest absolute Gasteiger partial charge is 0.450 e. The number of nitrogens with one attached hydrogen (secondary N) is 1. The highest BCUT2D eigenvalue weighted by Crippen LogP contribution is 2.48. The van der Waals surface area contributed by atoms with Crippen LogP contribution in [0.2, 0.25) is 0 Å². The van der Waals surface area contributed by atoms with Gasteiger partial charge in [-0.15, -0.1) is 0 Å². The van der Waals surface area contributed by atoms with Gasteiger partial charge in [-0.3, -0.25) is 4.79 Å².